The Bertz CT molecular complexity index is 1280. The van der Waals surface area contributed by atoms with Gasteiger partial charge in [0.05, 0.1) is 18.9 Å². The Hall–Kier alpha value is -3.68. The number of ether oxygens (including phenoxy) is 2. The zero-order chi connectivity index (χ0) is 24.0. The number of fused-ring (bicyclic) bond motifs is 1. The fraction of sp³-hybridized carbons (Fsp3) is 0.286. The van der Waals surface area contributed by atoms with E-state index in [2.05, 4.69) is 34.3 Å². The van der Waals surface area contributed by atoms with Crippen molar-refractivity contribution >= 4 is 17.2 Å². The largest absolute Gasteiger partial charge is 0.487 e. The van der Waals surface area contributed by atoms with Crippen LogP contribution in [0.3, 0.4) is 0 Å². The first-order chi connectivity index (χ1) is 17.1. The van der Waals surface area contributed by atoms with Crippen LogP contribution in [0, 0.1) is 6.92 Å². The van der Waals surface area contributed by atoms with Crippen molar-refractivity contribution in [2.24, 2.45) is 0 Å². The summed E-state index contributed by atoms with van der Waals surface area (Å²) in [5.74, 6) is 0.549. The first-order valence-corrected chi connectivity index (χ1v) is 12.0. The average Bonchev–Trinajstić information content (AvgIpc) is 3.30. The van der Waals surface area contributed by atoms with Crippen molar-refractivity contribution < 1.29 is 14.3 Å². The molecule has 180 valence electrons. The lowest BCUT2D eigenvalue weighted by Crippen LogP contribution is -2.37. The number of aromatic nitrogens is 2. The Morgan fingerprint density at radius 1 is 1.00 bits per heavy atom. The van der Waals surface area contributed by atoms with Crippen molar-refractivity contribution in [2.45, 2.75) is 20.0 Å². The molecule has 2 aromatic heterocycles. The second-order valence-electron chi connectivity index (χ2n) is 8.87. The van der Waals surface area contributed by atoms with Gasteiger partial charge in [0.2, 0.25) is 0 Å². The van der Waals surface area contributed by atoms with Crippen molar-refractivity contribution in [1.29, 1.82) is 0 Å². The number of anilines is 1. The minimum absolute atomic E-state index is 0.145. The Kier molecular flexibility index (Phi) is 7.07. The standard InChI is InChI=1S/C28H30N4O3/c1-21-2-11-27-29-25(19-32(27)18-21)20-35-26-9-5-23(6-10-26)28(33)30-24-7-3-22(4-8-24)12-13-31-14-16-34-17-15-31/h2-11,18-19H,12-17,20H2,1H3,(H,30,33). The molecule has 7 heteroatoms. The molecule has 1 amide bonds. The molecule has 3 heterocycles. The maximum Gasteiger partial charge on any atom is 0.255 e. The monoisotopic (exact) mass is 470 g/mol. The number of hydrogen-bond acceptors (Lipinski definition) is 5. The number of nitrogens with zero attached hydrogens (tertiary/aromatic N) is 3. The zero-order valence-electron chi connectivity index (χ0n) is 19.9. The van der Waals surface area contributed by atoms with Gasteiger partial charge in [-0.15, -0.1) is 0 Å². The van der Waals surface area contributed by atoms with E-state index in [0.717, 1.165) is 56.3 Å². The average molecular weight is 471 g/mol. The quantitative estimate of drug-likeness (QED) is 0.415. The first-order valence-electron chi connectivity index (χ1n) is 12.0. The van der Waals surface area contributed by atoms with Crippen LogP contribution in [-0.2, 0) is 17.8 Å². The van der Waals surface area contributed by atoms with E-state index in [4.69, 9.17) is 9.47 Å². The number of amides is 1. The lowest BCUT2D eigenvalue weighted by molar-refractivity contribution is 0.0384. The van der Waals surface area contributed by atoms with E-state index in [9.17, 15) is 4.79 Å². The number of morpholine rings is 1. The predicted octanol–water partition coefficient (Wildman–Crippen LogP) is 4.35. The van der Waals surface area contributed by atoms with Crippen molar-refractivity contribution in [1.82, 2.24) is 14.3 Å². The summed E-state index contributed by atoms with van der Waals surface area (Å²) in [5, 5.41) is 2.97. The summed E-state index contributed by atoms with van der Waals surface area (Å²) in [4.78, 5) is 19.7. The van der Waals surface area contributed by atoms with E-state index >= 15 is 0 Å². The molecule has 1 saturated heterocycles. The van der Waals surface area contributed by atoms with Crippen LogP contribution in [0.25, 0.3) is 5.65 Å². The van der Waals surface area contributed by atoms with Gasteiger partial charge in [-0.2, -0.15) is 0 Å². The number of imidazole rings is 1. The lowest BCUT2D eigenvalue weighted by Gasteiger charge is -2.26. The van der Waals surface area contributed by atoms with Gasteiger partial charge in [0.15, 0.2) is 0 Å². The normalized spacial score (nSPS) is 14.2. The molecule has 0 saturated carbocycles. The maximum atomic E-state index is 12.7. The molecule has 7 nitrogen and oxygen atoms in total. The SMILES string of the molecule is Cc1ccc2nc(COc3ccc(C(=O)Nc4ccc(CCN5CCOCC5)cc4)cc3)cn2c1. The topological polar surface area (TPSA) is 68.1 Å². The zero-order valence-corrected chi connectivity index (χ0v) is 19.9. The molecule has 0 radical (unpaired) electrons. The highest BCUT2D eigenvalue weighted by atomic mass is 16.5. The molecule has 4 aromatic rings. The second kappa shape index (κ2) is 10.7. The molecule has 35 heavy (non-hydrogen) atoms. The smallest absolute Gasteiger partial charge is 0.255 e. The number of rotatable bonds is 8. The molecule has 1 aliphatic heterocycles. The van der Waals surface area contributed by atoms with Crippen molar-refractivity contribution in [3.05, 3.63) is 95.4 Å². The van der Waals surface area contributed by atoms with E-state index in [-0.39, 0.29) is 5.91 Å². The molecule has 0 aliphatic carbocycles. The van der Waals surface area contributed by atoms with Crippen LogP contribution in [0.4, 0.5) is 5.69 Å². The highest BCUT2D eigenvalue weighted by Crippen LogP contribution is 2.17. The van der Waals surface area contributed by atoms with E-state index in [1.54, 1.807) is 12.1 Å². The van der Waals surface area contributed by atoms with Crippen molar-refractivity contribution in [2.75, 3.05) is 38.2 Å². The van der Waals surface area contributed by atoms with Gasteiger partial charge in [0.25, 0.3) is 5.91 Å². The van der Waals surface area contributed by atoms with Crippen LogP contribution in [-0.4, -0.2) is 53.0 Å². The Balaban J connectivity index is 1.11. The van der Waals surface area contributed by atoms with Crippen molar-refractivity contribution in [3.8, 4) is 5.75 Å². The summed E-state index contributed by atoms with van der Waals surface area (Å²) in [6, 6.07) is 19.3. The van der Waals surface area contributed by atoms with Crippen molar-refractivity contribution in [3.63, 3.8) is 0 Å². The fourth-order valence-corrected chi connectivity index (χ4v) is 4.15. The van der Waals surface area contributed by atoms with Gasteiger partial charge < -0.3 is 19.2 Å². The summed E-state index contributed by atoms with van der Waals surface area (Å²) >= 11 is 0. The molecule has 5 rings (SSSR count). The molecular weight excluding hydrogens is 440 g/mol. The molecule has 1 aliphatic rings. The molecule has 1 N–H and O–H groups in total. The first kappa shape index (κ1) is 23.1. The number of pyridine rings is 1. The molecule has 0 unspecified atom stereocenters. The molecule has 1 fully saturated rings. The molecule has 0 atom stereocenters. The van der Waals surface area contributed by atoms with E-state index in [0.29, 0.717) is 17.9 Å². The van der Waals surface area contributed by atoms with Gasteiger partial charge in [-0.3, -0.25) is 9.69 Å². The Morgan fingerprint density at radius 3 is 2.54 bits per heavy atom. The van der Waals surface area contributed by atoms with Crippen LogP contribution in [0.5, 0.6) is 5.75 Å². The van der Waals surface area contributed by atoms with Crippen LogP contribution >= 0.6 is 0 Å². The van der Waals surface area contributed by atoms with Crippen LogP contribution in [0.15, 0.2) is 73.1 Å². The van der Waals surface area contributed by atoms with Gasteiger partial charge in [-0.1, -0.05) is 18.2 Å². The highest BCUT2D eigenvalue weighted by molar-refractivity contribution is 6.04. The molecule has 0 spiro atoms. The second-order valence-corrected chi connectivity index (χ2v) is 8.87. The third-order valence-electron chi connectivity index (χ3n) is 6.18. The number of hydrogen-bond donors (Lipinski definition) is 1. The number of nitrogens with one attached hydrogen (secondary N) is 1. The summed E-state index contributed by atoms with van der Waals surface area (Å²) < 4.78 is 13.3. The summed E-state index contributed by atoms with van der Waals surface area (Å²) in [7, 11) is 0. The number of aryl methyl sites for hydroxylation is 1. The van der Waals surface area contributed by atoms with Gasteiger partial charge in [-0.25, -0.2) is 4.98 Å². The minimum Gasteiger partial charge on any atom is -0.487 e. The van der Waals surface area contributed by atoms with Crippen LogP contribution in [0.2, 0.25) is 0 Å². The predicted molar refractivity (Wildman–Crippen MR) is 136 cm³/mol. The van der Waals surface area contributed by atoms with E-state index in [1.165, 1.54) is 11.1 Å². The molecule has 2 aromatic carbocycles. The third-order valence-corrected chi connectivity index (χ3v) is 6.18. The summed E-state index contributed by atoms with van der Waals surface area (Å²) in [6.45, 7) is 7.08. The number of carbonyl (C=O) groups excluding carboxylic acids is 1. The van der Waals surface area contributed by atoms with Crippen LogP contribution < -0.4 is 10.1 Å². The van der Waals surface area contributed by atoms with Gasteiger partial charge in [0, 0.05) is 43.3 Å². The van der Waals surface area contributed by atoms with Gasteiger partial charge >= 0.3 is 0 Å². The molecular formula is C28H30N4O3. The number of benzene rings is 2. The summed E-state index contributed by atoms with van der Waals surface area (Å²) in [5.41, 5.74) is 5.55. The van der Waals surface area contributed by atoms with Crippen LogP contribution in [0.1, 0.15) is 27.2 Å². The highest BCUT2D eigenvalue weighted by Gasteiger charge is 2.11. The van der Waals surface area contributed by atoms with E-state index in [1.807, 2.05) is 53.2 Å². The lowest BCUT2D eigenvalue weighted by atomic mass is 10.1. The third kappa shape index (κ3) is 6.07. The number of carbonyl (C=O) groups is 1. The molecule has 0 bridgehead atoms. The Labute approximate surface area is 205 Å². The van der Waals surface area contributed by atoms with E-state index < -0.39 is 0 Å². The van der Waals surface area contributed by atoms with Gasteiger partial charge in [0.1, 0.15) is 18.0 Å². The minimum atomic E-state index is -0.145. The van der Waals surface area contributed by atoms with Gasteiger partial charge in [-0.05, 0) is 66.9 Å². The Morgan fingerprint density at radius 2 is 1.77 bits per heavy atom. The maximum absolute atomic E-state index is 12.7. The fourth-order valence-electron chi connectivity index (χ4n) is 4.15. The summed E-state index contributed by atoms with van der Waals surface area (Å²) in [6.07, 6.45) is 5.00.